The van der Waals surface area contributed by atoms with Crippen molar-refractivity contribution in [3.8, 4) is 0 Å². The number of hydrogen-bond donors (Lipinski definition) is 1. The van der Waals surface area contributed by atoms with Crippen LogP contribution in [0.15, 0.2) is 55.0 Å². The predicted molar refractivity (Wildman–Crippen MR) is 155 cm³/mol. The maximum atomic E-state index is 15.6. The monoisotopic (exact) mass is 559 g/mol. The van der Waals surface area contributed by atoms with Crippen molar-refractivity contribution >= 4 is 40.2 Å². The van der Waals surface area contributed by atoms with E-state index in [9.17, 15) is 9.59 Å². The average Bonchev–Trinajstić information content (AvgIpc) is 3.32. The Morgan fingerprint density at radius 3 is 2.68 bits per heavy atom. The van der Waals surface area contributed by atoms with Crippen LogP contribution in [0.4, 0.5) is 26.6 Å². The van der Waals surface area contributed by atoms with Crippen LogP contribution in [-0.4, -0.2) is 61.4 Å². The van der Waals surface area contributed by atoms with Crippen LogP contribution < -0.4 is 10.2 Å². The average molecular weight is 560 g/mol. The van der Waals surface area contributed by atoms with Crippen molar-refractivity contribution in [3.05, 3.63) is 71.9 Å². The number of aromatic nitrogens is 4. The Morgan fingerprint density at radius 1 is 1.17 bits per heavy atom. The van der Waals surface area contributed by atoms with Crippen LogP contribution in [0.2, 0.25) is 0 Å². The number of nitrogens with one attached hydrogen (secondary N) is 1. The van der Waals surface area contributed by atoms with Crippen molar-refractivity contribution < 1.29 is 18.7 Å². The summed E-state index contributed by atoms with van der Waals surface area (Å²) >= 11 is 0. The zero-order valence-electron chi connectivity index (χ0n) is 23.9. The number of hydrogen-bond acceptors (Lipinski definition) is 7. The minimum absolute atomic E-state index is 0.102. The molecule has 0 spiro atoms. The number of carbonyl (C=O) groups is 2. The standard InChI is InChI=1S/C30H34FN7O3/c1-19-8-6-9-20-13-14-32-26(25(19)20)38(22-10-7-15-37(17-22)29(40)41-30(2,3)4)27(39)23-12-11-21(16-24(23)31)34-28-35-33-18-36(28)5/h6,8-9,11-14,16,18,22H,7,10,15,17H2,1-5H3,(H,34,35)/t22-/m1/s1. The third-order valence-electron chi connectivity index (χ3n) is 7.01. The highest BCUT2D eigenvalue weighted by Gasteiger charge is 2.36. The van der Waals surface area contributed by atoms with Crippen molar-refractivity contribution in [1.82, 2.24) is 24.6 Å². The van der Waals surface area contributed by atoms with Gasteiger partial charge < -0.3 is 19.5 Å². The van der Waals surface area contributed by atoms with Crippen molar-refractivity contribution in [2.75, 3.05) is 23.3 Å². The van der Waals surface area contributed by atoms with E-state index in [0.29, 0.717) is 36.8 Å². The number of halogens is 1. The van der Waals surface area contributed by atoms with E-state index in [4.69, 9.17) is 4.74 Å². The fourth-order valence-electron chi connectivity index (χ4n) is 5.08. The number of aryl methyl sites for hydroxylation is 2. The Kier molecular flexibility index (Phi) is 7.61. The van der Waals surface area contributed by atoms with Gasteiger partial charge in [0.05, 0.1) is 11.6 Å². The molecule has 0 radical (unpaired) electrons. The number of nitrogens with zero attached hydrogens (tertiary/aromatic N) is 6. The van der Waals surface area contributed by atoms with E-state index in [0.717, 1.165) is 16.3 Å². The van der Waals surface area contributed by atoms with E-state index in [1.807, 2.05) is 52.0 Å². The van der Waals surface area contributed by atoms with Gasteiger partial charge in [-0.25, -0.2) is 14.2 Å². The minimum atomic E-state index is -0.691. The molecule has 1 aliphatic heterocycles. The van der Waals surface area contributed by atoms with Crippen LogP contribution in [0.3, 0.4) is 0 Å². The largest absolute Gasteiger partial charge is 0.444 e. The summed E-state index contributed by atoms with van der Waals surface area (Å²) < 4.78 is 22.9. The van der Waals surface area contributed by atoms with Crippen molar-refractivity contribution in [1.29, 1.82) is 0 Å². The molecule has 4 aromatic rings. The summed E-state index contributed by atoms with van der Waals surface area (Å²) in [6.45, 7) is 8.14. The third kappa shape index (κ3) is 5.98. The maximum Gasteiger partial charge on any atom is 0.410 e. The first-order valence-corrected chi connectivity index (χ1v) is 13.6. The van der Waals surface area contributed by atoms with Crippen LogP contribution in [0, 0.1) is 12.7 Å². The smallest absolute Gasteiger partial charge is 0.410 e. The van der Waals surface area contributed by atoms with Gasteiger partial charge in [-0.2, -0.15) is 0 Å². The summed E-state index contributed by atoms with van der Waals surface area (Å²) in [6.07, 6.45) is 4.00. The second-order valence-corrected chi connectivity index (χ2v) is 11.3. The number of anilines is 3. The summed E-state index contributed by atoms with van der Waals surface area (Å²) in [5.41, 5.74) is 0.606. The van der Waals surface area contributed by atoms with E-state index >= 15 is 4.39 Å². The number of fused-ring (bicyclic) bond motifs is 1. The van der Waals surface area contributed by atoms with Crippen LogP contribution in [0.5, 0.6) is 0 Å². The lowest BCUT2D eigenvalue weighted by Crippen LogP contribution is -2.53. The lowest BCUT2D eigenvalue weighted by molar-refractivity contribution is 0.0196. The van der Waals surface area contributed by atoms with Gasteiger partial charge >= 0.3 is 6.09 Å². The Hall–Kier alpha value is -4.54. The molecule has 3 heterocycles. The molecule has 2 aromatic carbocycles. The fraction of sp³-hybridized carbons (Fsp3) is 0.367. The van der Waals surface area contributed by atoms with Gasteiger partial charge in [-0.15, -0.1) is 10.2 Å². The quantitative estimate of drug-likeness (QED) is 0.339. The van der Waals surface area contributed by atoms with Gasteiger partial charge in [-0.05, 0) is 75.8 Å². The van der Waals surface area contributed by atoms with Crippen LogP contribution in [-0.2, 0) is 11.8 Å². The summed E-state index contributed by atoms with van der Waals surface area (Å²) in [4.78, 5) is 35.1. The summed E-state index contributed by atoms with van der Waals surface area (Å²) in [6, 6.07) is 11.6. The molecule has 0 unspecified atom stereocenters. The molecule has 1 aliphatic rings. The lowest BCUT2D eigenvalue weighted by atomic mass is 10.00. The highest BCUT2D eigenvalue weighted by Crippen LogP contribution is 2.33. The molecule has 1 saturated heterocycles. The van der Waals surface area contributed by atoms with Gasteiger partial charge in [0.2, 0.25) is 5.95 Å². The van der Waals surface area contributed by atoms with E-state index in [1.54, 1.807) is 33.7 Å². The lowest BCUT2D eigenvalue weighted by Gasteiger charge is -2.39. The molecule has 1 fully saturated rings. The van der Waals surface area contributed by atoms with Crippen LogP contribution in [0.25, 0.3) is 10.8 Å². The highest BCUT2D eigenvalue weighted by molar-refractivity contribution is 6.11. The van der Waals surface area contributed by atoms with Crippen LogP contribution >= 0.6 is 0 Å². The van der Waals surface area contributed by atoms with Gasteiger partial charge in [0.15, 0.2) is 0 Å². The number of pyridine rings is 1. The molecule has 214 valence electrons. The number of benzene rings is 2. The summed E-state index contributed by atoms with van der Waals surface area (Å²) in [7, 11) is 1.76. The molecule has 11 heteroatoms. The van der Waals surface area contributed by atoms with Crippen molar-refractivity contribution in [2.45, 2.75) is 52.2 Å². The minimum Gasteiger partial charge on any atom is -0.444 e. The second kappa shape index (κ2) is 11.1. The van der Waals surface area contributed by atoms with Crippen LogP contribution in [0.1, 0.15) is 49.5 Å². The van der Waals surface area contributed by atoms with Crippen molar-refractivity contribution in [3.63, 3.8) is 0 Å². The molecule has 0 aliphatic carbocycles. The first-order chi connectivity index (χ1) is 19.5. The number of ether oxygens (including phenoxy) is 1. The molecule has 10 nitrogen and oxygen atoms in total. The van der Waals surface area contributed by atoms with E-state index < -0.39 is 29.5 Å². The molecule has 2 amide bonds. The van der Waals surface area contributed by atoms with Crippen molar-refractivity contribution in [2.24, 2.45) is 7.05 Å². The van der Waals surface area contributed by atoms with Gasteiger partial charge in [0.1, 0.15) is 23.6 Å². The molecule has 41 heavy (non-hydrogen) atoms. The van der Waals surface area contributed by atoms with Gasteiger partial charge in [-0.1, -0.05) is 18.2 Å². The number of amides is 2. The normalized spacial score (nSPS) is 15.6. The van der Waals surface area contributed by atoms with E-state index in [1.165, 1.54) is 18.5 Å². The topological polar surface area (TPSA) is 105 Å². The Morgan fingerprint density at radius 2 is 1.98 bits per heavy atom. The Balaban J connectivity index is 1.54. The maximum absolute atomic E-state index is 15.6. The summed E-state index contributed by atoms with van der Waals surface area (Å²) in [5.74, 6) is -0.358. The first kappa shape index (κ1) is 28.0. The Labute approximate surface area is 238 Å². The number of rotatable bonds is 5. The van der Waals surface area contributed by atoms with Gasteiger partial charge in [0, 0.05) is 37.4 Å². The number of piperidine rings is 1. The predicted octanol–water partition coefficient (Wildman–Crippen LogP) is 5.60. The van der Waals surface area contributed by atoms with E-state index in [-0.39, 0.29) is 12.1 Å². The first-order valence-electron chi connectivity index (χ1n) is 13.6. The zero-order valence-corrected chi connectivity index (χ0v) is 23.9. The SMILES string of the molecule is Cc1cccc2ccnc(N(C(=O)c3ccc(Nc4nncn4C)cc3F)[C@@H]3CCCN(C(=O)OC(C)(C)C)C3)c12. The highest BCUT2D eigenvalue weighted by atomic mass is 19.1. The number of likely N-dealkylation sites (tertiary alicyclic amines) is 1. The van der Waals surface area contributed by atoms with Gasteiger partial charge in [-0.3, -0.25) is 9.69 Å². The third-order valence-corrected chi connectivity index (χ3v) is 7.01. The van der Waals surface area contributed by atoms with Gasteiger partial charge in [0.25, 0.3) is 5.91 Å². The Bertz CT molecular complexity index is 1590. The molecule has 1 atom stereocenters. The zero-order chi connectivity index (χ0) is 29.3. The molecular weight excluding hydrogens is 525 g/mol. The molecule has 2 aromatic heterocycles. The molecule has 1 N–H and O–H groups in total. The summed E-state index contributed by atoms with van der Waals surface area (Å²) in [5, 5.41) is 12.5. The second-order valence-electron chi connectivity index (χ2n) is 11.3. The molecule has 0 bridgehead atoms. The molecular formula is C30H34FN7O3. The van der Waals surface area contributed by atoms with E-state index in [2.05, 4.69) is 20.5 Å². The molecule has 0 saturated carbocycles. The number of carbonyl (C=O) groups excluding carboxylic acids is 2. The fourth-order valence-corrected chi connectivity index (χ4v) is 5.08. The molecule has 5 rings (SSSR count).